The number of nitrogens with one attached hydrogen (secondary N) is 1. The lowest BCUT2D eigenvalue weighted by Gasteiger charge is -2.31. The van der Waals surface area contributed by atoms with Crippen LogP contribution in [0.1, 0.15) is 73.7 Å². The third-order valence-corrected chi connectivity index (χ3v) is 8.62. The molecule has 166 valence electrons. The SMILES string of the molecule is CC1(C(=O)c2c[nH]c3ncc(-c4cccc(C5C[C@@H]6[C@@H](CO)[C@@H]6C5)c4)nc23)CCCCC1. The Kier molecular flexibility index (Phi) is 4.72. The predicted octanol–water partition coefficient (Wildman–Crippen LogP) is 5.51. The molecule has 3 aromatic rings. The molecule has 32 heavy (non-hydrogen) atoms. The number of hydrogen-bond donors (Lipinski definition) is 2. The number of aromatic amines is 1. The molecule has 0 saturated heterocycles. The Balaban J connectivity index is 1.30. The number of H-pyrrole nitrogens is 1. The van der Waals surface area contributed by atoms with Crippen LogP contribution in [0.4, 0.5) is 0 Å². The normalized spacial score (nSPS) is 28.6. The minimum atomic E-state index is -0.291. The Labute approximate surface area is 188 Å². The molecule has 1 aromatic carbocycles. The molecule has 2 aromatic heterocycles. The predicted molar refractivity (Wildman–Crippen MR) is 124 cm³/mol. The minimum absolute atomic E-state index is 0.201. The third-order valence-electron chi connectivity index (χ3n) is 8.62. The highest BCUT2D eigenvalue weighted by molar-refractivity contribution is 6.08. The van der Waals surface area contributed by atoms with Gasteiger partial charge in [-0.05, 0) is 61.0 Å². The first kappa shape index (κ1) is 20.1. The molecule has 1 unspecified atom stereocenters. The first-order valence-electron chi connectivity index (χ1n) is 12.2. The van der Waals surface area contributed by atoms with E-state index in [-0.39, 0.29) is 11.2 Å². The van der Waals surface area contributed by atoms with E-state index in [1.807, 2.05) is 6.20 Å². The largest absolute Gasteiger partial charge is 0.396 e. The zero-order valence-electron chi connectivity index (χ0n) is 18.7. The van der Waals surface area contributed by atoms with Crippen molar-refractivity contribution in [2.75, 3.05) is 6.61 Å². The summed E-state index contributed by atoms with van der Waals surface area (Å²) in [6.07, 6.45) is 11.3. The highest BCUT2D eigenvalue weighted by atomic mass is 16.3. The van der Waals surface area contributed by atoms with E-state index in [9.17, 15) is 9.90 Å². The quantitative estimate of drug-likeness (QED) is 0.524. The fourth-order valence-corrected chi connectivity index (χ4v) is 6.56. The molecular weight excluding hydrogens is 398 g/mol. The Hall–Kier alpha value is -2.53. The van der Waals surface area contributed by atoms with Gasteiger partial charge in [0.1, 0.15) is 5.52 Å². The second kappa shape index (κ2) is 7.51. The molecule has 3 saturated carbocycles. The van der Waals surface area contributed by atoms with Gasteiger partial charge < -0.3 is 10.1 Å². The van der Waals surface area contributed by atoms with Gasteiger partial charge >= 0.3 is 0 Å². The molecule has 0 amide bonds. The molecule has 0 bridgehead atoms. The molecule has 0 radical (unpaired) electrons. The Morgan fingerprint density at radius 2 is 1.97 bits per heavy atom. The fraction of sp³-hybridized carbons (Fsp3) is 0.519. The van der Waals surface area contributed by atoms with Crippen LogP contribution in [-0.4, -0.2) is 32.4 Å². The summed E-state index contributed by atoms with van der Waals surface area (Å²) in [5, 5.41) is 9.45. The average molecular weight is 430 g/mol. The van der Waals surface area contributed by atoms with Crippen molar-refractivity contribution >= 4 is 16.9 Å². The second-order valence-corrected chi connectivity index (χ2v) is 10.6. The number of hydrogen-bond acceptors (Lipinski definition) is 4. The van der Waals surface area contributed by atoms with Gasteiger partial charge in [-0.15, -0.1) is 0 Å². The summed E-state index contributed by atoms with van der Waals surface area (Å²) in [7, 11) is 0. The Morgan fingerprint density at radius 3 is 2.72 bits per heavy atom. The number of aliphatic hydroxyl groups excluding tert-OH is 1. The maximum Gasteiger partial charge on any atom is 0.172 e. The number of rotatable bonds is 5. The van der Waals surface area contributed by atoms with E-state index in [4.69, 9.17) is 4.98 Å². The highest BCUT2D eigenvalue weighted by Gasteiger charge is 2.55. The lowest BCUT2D eigenvalue weighted by molar-refractivity contribution is 0.0751. The van der Waals surface area contributed by atoms with E-state index >= 15 is 0 Å². The number of nitrogens with zero attached hydrogens (tertiary/aromatic N) is 2. The number of fused-ring (bicyclic) bond motifs is 2. The molecule has 2 heterocycles. The van der Waals surface area contributed by atoms with Crippen LogP contribution in [0.5, 0.6) is 0 Å². The van der Waals surface area contributed by atoms with E-state index in [1.54, 1.807) is 6.20 Å². The van der Waals surface area contributed by atoms with Crippen LogP contribution in [0.15, 0.2) is 36.7 Å². The maximum atomic E-state index is 13.5. The van der Waals surface area contributed by atoms with Crippen LogP contribution < -0.4 is 0 Å². The standard InChI is InChI=1S/C27H31N3O2/c1-27(8-3-2-4-9-27)25(32)21-13-28-26-24(21)30-23(14-29-26)17-7-5-6-16(10-17)18-11-19-20(12-18)22(19)15-31/h5-7,10,13-14,18-20,22,31H,2-4,8-9,11-12,15H2,1H3,(H,28,29)/t18?,19-,20+,22+. The lowest BCUT2D eigenvalue weighted by Crippen LogP contribution is -2.30. The zero-order valence-corrected chi connectivity index (χ0v) is 18.7. The van der Waals surface area contributed by atoms with Crippen molar-refractivity contribution in [1.82, 2.24) is 15.0 Å². The van der Waals surface area contributed by atoms with Crippen molar-refractivity contribution < 1.29 is 9.90 Å². The van der Waals surface area contributed by atoms with E-state index in [2.05, 4.69) is 41.2 Å². The van der Waals surface area contributed by atoms with Gasteiger partial charge in [0.2, 0.25) is 0 Å². The van der Waals surface area contributed by atoms with Crippen LogP contribution in [0.2, 0.25) is 0 Å². The van der Waals surface area contributed by atoms with E-state index < -0.39 is 0 Å². The van der Waals surface area contributed by atoms with E-state index in [1.165, 1.54) is 24.8 Å². The van der Waals surface area contributed by atoms with Gasteiger partial charge in [-0.3, -0.25) is 4.79 Å². The van der Waals surface area contributed by atoms with Crippen molar-refractivity contribution in [2.24, 2.45) is 23.2 Å². The van der Waals surface area contributed by atoms with Crippen LogP contribution >= 0.6 is 0 Å². The van der Waals surface area contributed by atoms with E-state index in [0.717, 1.165) is 36.9 Å². The second-order valence-electron chi connectivity index (χ2n) is 10.6. The molecule has 3 fully saturated rings. The molecule has 3 aliphatic rings. The van der Waals surface area contributed by atoms with Gasteiger partial charge in [-0.1, -0.05) is 44.4 Å². The molecule has 4 atom stereocenters. The van der Waals surface area contributed by atoms with Crippen LogP contribution in [0.3, 0.4) is 0 Å². The van der Waals surface area contributed by atoms with Crippen molar-refractivity contribution in [3.63, 3.8) is 0 Å². The molecule has 6 rings (SSSR count). The fourth-order valence-electron chi connectivity index (χ4n) is 6.56. The summed E-state index contributed by atoms with van der Waals surface area (Å²) in [5.41, 5.74) is 4.99. The Morgan fingerprint density at radius 1 is 1.19 bits per heavy atom. The lowest BCUT2D eigenvalue weighted by atomic mass is 9.71. The summed E-state index contributed by atoms with van der Waals surface area (Å²) < 4.78 is 0. The first-order valence-corrected chi connectivity index (χ1v) is 12.2. The van der Waals surface area contributed by atoms with Gasteiger partial charge in [0.05, 0.1) is 17.5 Å². The monoisotopic (exact) mass is 429 g/mol. The number of ketones is 1. The molecule has 0 spiro atoms. The van der Waals surface area contributed by atoms with Crippen molar-refractivity contribution in [3.05, 3.63) is 47.8 Å². The summed E-state index contributed by atoms with van der Waals surface area (Å²) in [6.45, 7) is 2.45. The molecule has 3 aliphatic carbocycles. The van der Waals surface area contributed by atoms with E-state index in [0.29, 0.717) is 47.0 Å². The van der Waals surface area contributed by atoms with Crippen molar-refractivity contribution in [1.29, 1.82) is 0 Å². The highest BCUT2D eigenvalue weighted by Crippen LogP contribution is 2.61. The summed E-state index contributed by atoms with van der Waals surface area (Å²) in [5.74, 6) is 2.73. The van der Waals surface area contributed by atoms with Gasteiger partial charge in [0.15, 0.2) is 11.4 Å². The molecule has 0 aliphatic heterocycles. The number of carbonyl (C=O) groups excluding carboxylic acids is 1. The van der Waals surface area contributed by atoms with Gasteiger partial charge in [-0.2, -0.15) is 0 Å². The molecule has 5 nitrogen and oxygen atoms in total. The number of benzene rings is 1. The van der Waals surface area contributed by atoms with Gasteiger partial charge in [0, 0.05) is 23.8 Å². The van der Waals surface area contributed by atoms with Gasteiger partial charge in [-0.25, -0.2) is 9.97 Å². The average Bonchev–Trinajstić information content (AvgIpc) is 3.15. The first-order chi connectivity index (χ1) is 15.6. The summed E-state index contributed by atoms with van der Waals surface area (Å²) >= 11 is 0. The Bertz CT molecular complexity index is 1160. The van der Waals surface area contributed by atoms with Gasteiger partial charge in [0.25, 0.3) is 0 Å². The summed E-state index contributed by atoms with van der Waals surface area (Å²) in [6, 6.07) is 8.65. The zero-order chi connectivity index (χ0) is 21.9. The van der Waals surface area contributed by atoms with Crippen LogP contribution in [0.25, 0.3) is 22.4 Å². The van der Waals surface area contributed by atoms with Crippen LogP contribution in [-0.2, 0) is 0 Å². The number of aliphatic hydroxyl groups is 1. The van der Waals surface area contributed by atoms with Crippen molar-refractivity contribution in [3.8, 4) is 11.3 Å². The number of aromatic nitrogens is 3. The maximum absolute atomic E-state index is 13.5. The third kappa shape index (κ3) is 3.21. The topological polar surface area (TPSA) is 78.9 Å². The molecular formula is C27H31N3O2. The summed E-state index contributed by atoms with van der Waals surface area (Å²) in [4.78, 5) is 26.1. The van der Waals surface area contributed by atoms with Crippen LogP contribution in [0, 0.1) is 23.2 Å². The van der Waals surface area contributed by atoms with Crippen molar-refractivity contribution in [2.45, 2.75) is 57.8 Å². The molecule has 5 heteroatoms. The number of Topliss-reactive ketones (excluding diaryl/α,β-unsaturated/α-hetero) is 1. The smallest absolute Gasteiger partial charge is 0.172 e. The minimum Gasteiger partial charge on any atom is -0.396 e. The number of carbonyl (C=O) groups is 1. The molecule has 2 N–H and O–H groups in total.